The zero-order valence-corrected chi connectivity index (χ0v) is 22.7. The van der Waals surface area contributed by atoms with Gasteiger partial charge >= 0.3 is 5.97 Å². The van der Waals surface area contributed by atoms with E-state index in [4.69, 9.17) is 0 Å². The average molecular weight is 533 g/mol. The smallest absolute Gasteiger partial charge is 0.320 e. The molecule has 3 unspecified atom stereocenters. The normalized spacial score (nSPS) is 21.6. The first-order valence-electron chi connectivity index (χ1n) is 14.0. The molecule has 0 radical (unpaired) electrons. The minimum atomic E-state index is -2.92. The summed E-state index contributed by atoms with van der Waals surface area (Å²) < 4.78 is 41.9. The molecule has 1 saturated heterocycles. The summed E-state index contributed by atoms with van der Waals surface area (Å²) in [5.41, 5.74) is -0.108. The predicted molar refractivity (Wildman–Crippen MR) is 146 cm³/mol. The van der Waals surface area contributed by atoms with Crippen molar-refractivity contribution in [2.45, 2.75) is 76.8 Å². The maximum absolute atomic E-state index is 14.4. The Morgan fingerprint density at radius 3 is 2.08 bits per heavy atom. The SMILES string of the molecule is CC(C)C(NC1CCC(CN2CCC(CCC(F)(F)c3ccc(F)cc3)CC2)C1)C(=O)O.c1ccccc1. The van der Waals surface area contributed by atoms with E-state index in [-0.39, 0.29) is 23.9 Å². The second-order valence-corrected chi connectivity index (χ2v) is 11.3. The molecule has 38 heavy (non-hydrogen) atoms. The number of hydrogen-bond donors (Lipinski definition) is 2. The van der Waals surface area contributed by atoms with Crippen LogP contribution in [-0.4, -0.2) is 47.7 Å². The molecule has 0 amide bonds. The van der Waals surface area contributed by atoms with Crippen molar-refractivity contribution < 1.29 is 23.1 Å². The molecule has 2 aliphatic rings. The molecule has 2 fully saturated rings. The van der Waals surface area contributed by atoms with Crippen molar-refractivity contribution in [2.24, 2.45) is 17.8 Å². The molecule has 0 bridgehead atoms. The molecule has 0 spiro atoms. The number of benzene rings is 2. The highest BCUT2D eigenvalue weighted by atomic mass is 19.3. The van der Waals surface area contributed by atoms with Gasteiger partial charge in [-0.2, -0.15) is 0 Å². The van der Waals surface area contributed by atoms with Crippen molar-refractivity contribution in [1.29, 1.82) is 0 Å². The molecular formula is C31H43F3N2O2. The van der Waals surface area contributed by atoms with Crippen molar-refractivity contribution in [3.8, 4) is 0 Å². The van der Waals surface area contributed by atoms with Gasteiger partial charge in [-0.05, 0) is 81.5 Å². The van der Waals surface area contributed by atoms with Crippen LogP contribution in [0, 0.1) is 23.6 Å². The van der Waals surface area contributed by atoms with E-state index in [2.05, 4.69) is 10.2 Å². The zero-order chi connectivity index (χ0) is 27.5. The van der Waals surface area contributed by atoms with Gasteiger partial charge in [0, 0.05) is 24.6 Å². The topological polar surface area (TPSA) is 52.6 Å². The lowest BCUT2D eigenvalue weighted by Gasteiger charge is -2.34. The lowest BCUT2D eigenvalue weighted by atomic mass is 9.89. The lowest BCUT2D eigenvalue weighted by Crippen LogP contribution is -2.45. The maximum Gasteiger partial charge on any atom is 0.320 e. The molecule has 4 nitrogen and oxygen atoms in total. The fourth-order valence-corrected chi connectivity index (χ4v) is 5.63. The number of nitrogens with one attached hydrogen (secondary N) is 1. The number of piperidine rings is 1. The van der Waals surface area contributed by atoms with Crippen molar-refractivity contribution in [2.75, 3.05) is 19.6 Å². The number of hydrogen-bond acceptors (Lipinski definition) is 3. The van der Waals surface area contributed by atoms with E-state index in [1.807, 2.05) is 50.2 Å². The molecule has 210 valence electrons. The summed E-state index contributed by atoms with van der Waals surface area (Å²) in [5.74, 6) is -3.27. The summed E-state index contributed by atoms with van der Waals surface area (Å²) in [5, 5.41) is 12.7. The Morgan fingerprint density at radius 1 is 0.974 bits per heavy atom. The summed E-state index contributed by atoms with van der Waals surface area (Å²) in [4.78, 5) is 13.9. The van der Waals surface area contributed by atoms with Gasteiger partial charge in [0.1, 0.15) is 11.9 Å². The standard InChI is InChI=1S/C25H37F3N2O2.C6H6/c1-17(2)23(24(31)32)29-22-8-3-19(15-22)16-30-13-10-18(11-14-30)9-12-25(27,28)20-4-6-21(26)7-5-20;1-2-4-6-5-3-1/h4-7,17-19,22-23,29H,3,8-16H2,1-2H3,(H,31,32);1-6H. The van der Waals surface area contributed by atoms with E-state index in [1.54, 1.807) is 0 Å². The molecule has 3 atom stereocenters. The molecule has 1 saturated carbocycles. The highest BCUT2D eigenvalue weighted by Crippen LogP contribution is 2.36. The van der Waals surface area contributed by atoms with Crippen LogP contribution in [-0.2, 0) is 10.7 Å². The Bertz CT molecular complexity index is 921. The second-order valence-electron chi connectivity index (χ2n) is 11.3. The first-order chi connectivity index (χ1) is 18.1. The molecule has 4 rings (SSSR count). The third-order valence-corrected chi connectivity index (χ3v) is 7.91. The maximum atomic E-state index is 14.4. The minimum Gasteiger partial charge on any atom is -0.480 e. The predicted octanol–water partition coefficient (Wildman–Crippen LogP) is 6.96. The zero-order valence-electron chi connectivity index (χ0n) is 22.7. The van der Waals surface area contributed by atoms with Gasteiger partial charge in [0.05, 0.1) is 0 Å². The second kappa shape index (κ2) is 14.7. The number of likely N-dealkylation sites (tertiary alicyclic amines) is 1. The van der Waals surface area contributed by atoms with Crippen molar-refractivity contribution in [3.63, 3.8) is 0 Å². The van der Waals surface area contributed by atoms with Gasteiger partial charge in [-0.25, -0.2) is 13.2 Å². The third kappa shape index (κ3) is 9.73. The number of nitrogens with zero attached hydrogens (tertiary/aromatic N) is 1. The number of halogens is 3. The van der Waals surface area contributed by atoms with Crippen LogP contribution < -0.4 is 5.32 Å². The number of carboxylic acid groups (broad SMARTS) is 1. The van der Waals surface area contributed by atoms with E-state index < -0.39 is 23.8 Å². The first kappa shape index (κ1) is 30.2. The molecule has 2 aromatic carbocycles. The summed E-state index contributed by atoms with van der Waals surface area (Å²) in [7, 11) is 0. The van der Waals surface area contributed by atoms with Crippen LogP contribution in [0.1, 0.15) is 64.4 Å². The fourth-order valence-electron chi connectivity index (χ4n) is 5.63. The van der Waals surface area contributed by atoms with Crippen LogP contribution in [0.2, 0.25) is 0 Å². The minimum absolute atomic E-state index is 0.0565. The number of aliphatic carboxylic acids is 1. The van der Waals surface area contributed by atoms with Crippen molar-refractivity contribution in [3.05, 3.63) is 72.0 Å². The van der Waals surface area contributed by atoms with E-state index in [9.17, 15) is 23.1 Å². The van der Waals surface area contributed by atoms with Crippen LogP contribution in [0.15, 0.2) is 60.7 Å². The number of carboxylic acids is 1. The van der Waals surface area contributed by atoms with Crippen LogP contribution in [0.3, 0.4) is 0 Å². The largest absolute Gasteiger partial charge is 0.480 e. The van der Waals surface area contributed by atoms with Gasteiger partial charge in [-0.1, -0.05) is 62.4 Å². The Balaban J connectivity index is 0.000000585. The van der Waals surface area contributed by atoms with Crippen molar-refractivity contribution >= 4 is 5.97 Å². The fraction of sp³-hybridized carbons (Fsp3) is 0.581. The van der Waals surface area contributed by atoms with Gasteiger partial charge < -0.3 is 15.3 Å². The number of carbonyl (C=O) groups is 1. The van der Waals surface area contributed by atoms with E-state index in [1.165, 1.54) is 12.1 Å². The molecule has 1 heterocycles. The van der Waals surface area contributed by atoms with Gasteiger partial charge in [0.2, 0.25) is 0 Å². The van der Waals surface area contributed by atoms with Crippen LogP contribution in [0.5, 0.6) is 0 Å². The molecule has 7 heteroatoms. The highest BCUT2D eigenvalue weighted by Gasteiger charge is 2.34. The number of rotatable bonds is 10. The van der Waals surface area contributed by atoms with Crippen molar-refractivity contribution in [1.82, 2.24) is 10.2 Å². The van der Waals surface area contributed by atoms with E-state index in [0.29, 0.717) is 18.3 Å². The van der Waals surface area contributed by atoms with Crippen LogP contribution in [0.25, 0.3) is 0 Å². The van der Waals surface area contributed by atoms with Gasteiger partial charge in [-0.3, -0.25) is 4.79 Å². The molecule has 2 N–H and O–H groups in total. The first-order valence-corrected chi connectivity index (χ1v) is 14.0. The Labute approximate surface area is 225 Å². The third-order valence-electron chi connectivity index (χ3n) is 7.91. The molecular weight excluding hydrogens is 489 g/mol. The summed E-state index contributed by atoms with van der Waals surface area (Å²) in [6.07, 6.45) is 5.27. The quantitative estimate of drug-likeness (QED) is 0.347. The van der Waals surface area contributed by atoms with Gasteiger partial charge in [0.15, 0.2) is 0 Å². The van der Waals surface area contributed by atoms with Crippen LogP contribution in [0.4, 0.5) is 13.2 Å². The molecule has 2 aromatic rings. The monoisotopic (exact) mass is 532 g/mol. The summed E-state index contributed by atoms with van der Waals surface area (Å²) in [6.45, 7) is 6.74. The Hall–Kier alpha value is -2.38. The van der Waals surface area contributed by atoms with Gasteiger partial charge in [-0.15, -0.1) is 0 Å². The van der Waals surface area contributed by atoms with E-state index >= 15 is 0 Å². The number of alkyl halides is 2. The Kier molecular flexibility index (Phi) is 11.7. The molecule has 0 aromatic heterocycles. The lowest BCUT2D eigenvalue weighted by molar-refractivity contribution is -0.140. The van der Waals surface area contributed by atoms with E-state index in [0.717, 1.165) is 63.9 Å². The van der Waals surface area contributed by atoms with Crippen LogP contribution >= 0.6 is 0 Å². The average Bonchev–Trinajstić information content (AvgIpc) is 3.35. The Morgan fingerprint density at radius 2 is 1.55 bits per heavy atom. The van der Waals surface area contributed by atoms with Gasteiger partial charge in [0.25, 0.3) is 5.92 Å². The summed E-state index contributed by atoms with van der Waals surface area (Å²) in [6, 6.07) is 16.3. The highest BCUT2D eigenvalue weighted by molar-refractivity contribution is 5.73. The molecule has 1 aliphatic carbocycles. The molecule has 1 aliphatic heterocycles. The summed E-state index contributed by atoms with van der Waals surface area (Å²) >= 11 is 0.